The van der Waals surface area contributed by atoms with Crippen LogP contribution in [0.25, 0.3) is 0 Å². The van der Waals surface area contributed by atoms with Crippen LogP contribution in [0.4, 0.5) is 0 Å². The number of nitrogens with zero attached hydrogens (tertiary/aromatic N) is 2. The molecule has 144 valence electrons. The van der Waals surface area contributed by atoms with Crippen LogP contribution in [-0.4, -0.2) is 25.2 Å². The Kier molecular flexibility index (Phi) is 6.80. The smallest absolute Gasteiger partial charge is 0.303 e. The van der Waals surface area contributed by atoms with Crippen LogP contribution in [0.5, 0.6) is 0 Å². The Hall–Kier alpha value is -3.30. The molecular weight excluding hydrogens is 356 g/mol. The Morgan fingerprint density at radius 2 is 1.96 bits per heavy atom. The molecule has 0 aromatic heterocycles. The number of hydrogen-bond acceptors (Lipinski definition) is 6. The van der Waals surface area contributed by atoms with Crippen LogP contribution in [0.15, 0.2) is 36.5 Å². The standard InChI is InChI=1S/C22H22N2O4/c1-4-18(12-28-16(3)26)21-19-7-6-17(10-19)11-20(21)22(13-23,14-24)8-5-9-27-15(2)25/h4,6-7,11,17-19,21H,1,9-10,12H2,2-3H3/t17-,18?,19+,21-/m0/s1. The SMILES string of the molecule is C=CC(COC(C)=O)[C@@H]1C(C(C#N)(C#N)C#CCOC(C)=O)=C[C@H]2C=C[C@@H]1C2. The summed E-state index contributed by atoms with van der Waals surface area (Å²) >= 11 is 0. The maximum atomic E-state index is 11.3. The van der Waals surface area contributed by atoms with Gasteiger partial charge in [-0.3, -0.25) is 9.59 Å². The van der Waals surface area contributed by atoms with E-state index in [-0.39, 0.29) is 36.9 Å². The maximum Gasteiger partial charge on any atom is 0.303 e. The van der Waals surface area contributed by atoms with E-state index in [0.717, 1.165) is 6.42 Å². The summed E-state index contributed by atoms with van der Waals surface area (Å²) in [4.78, 5) is 22.2. The van der Waals surface area contributed by atoms with Gasteiger partial charge in [-0.25, -0.2) is 0 Å². The van der Waals surface area contributed by atoms with Crippen LogP contribution in [0, 0.1) is 63.6 Å². The van der Waals surface area contributed by atoms with E-state index >= 15 is 0 Å². The number of ether oxygens (including phenoxy) is 2. The summed E-state index contributed by atoms with van der Waals surface area (Å²) < 4.78 is 9.98. The second-order valence-corrected chi connectivity index (χ2v) is 6.85. The molecule has 6 heteroatoms. The molecule has 0 spiro atoms. The fraction of sp³-hybridized carbons (Fsp3) is 0.455. The van der Waals surface area contributed by atoms with Gasteiger partial charge in [0.15, 0.2) is 6.61 Å². The first-order valence-corrected chi connectivity index (χ1v) is 8.99. The Labute approximate surface area is 165 Å². The number of fused-ring (bicyclic) bond motifs is 2. The molecule has 2 aliphatic rings. The maximum absolute atomic E-state index is 11.3. The molecule has 0 aliphatic heterocycles. The monoisotopic (exact) mass is 378 g/mol. The van der Waals surface area contributed by atoms with Crippen molar-refractivity contribution in [1.29, 1.82) is 10.5 Å². The second kappa shape index (κ2) is 9.07. The van der Waals surface area contributed by atoms with E-state index in [2.05, 4.69) is 42.7 Å². The third-order valence-electron chi connectivity index (χ3n) is 5.00. The lowest BCUT2D eigenvalue weighted by molar-refractivity contribution is -0.142. The molecule has 0 saturated heterocycles. The van der Waals surface area contributed by atoms with E-state index in [4.69, 9.17) is 9.47 Å². The summed E-state index contributed by atoms with van der Waals surface area (Å²) in [7, 11) is 0. The number of carbonyl (C=O) groups excluding carboxylic acids is 2. The van der Waals surface area contributed by atoms with Crippen molar-refractivity contribution in [3.63, 3.8) is 0 Å². The van der Waals surface area contributed by atoms with Crippen molar-refractivity contribution < 1.29 is 19.1 Å². The minimum Gasteiger partial charge on any atom is -0.465 e. The normalized spacial score (nSPS) is 23.1. The summed E-state index contributed by atoms with van der Waals surface area (Å²) in [6.07, 6.45) is 8.62. The van der Waals surface area contributed by atoms with Gasteiger partial charge in [-0.2, -0.15) is 10.5 Å². The molecule has 0 fully saturated rings. The zero-order chi connectivity index (χ0) is 20.7. The summed E-state index contributed by atoms with van der Waals surface area (Å²) in [6.45, 7) is 6.37. The molecule has 6 nitrogen and oxygen atoms in total. The first-order valence-electron chi connectivity index (χ1n) is 8.99. The summed E-state index contributed by atoms with van der Waals surface area (Å²) in [5, 5.41) is 19.7. The Morgan fingerprint density at radius 3 is 2.54 bits per heavy atom. The van der Waals surface area contributed by atoms with E-state index in [1.165, 1.54) is 13.8 Å². The van der Waals surface area contributed by atoms with Gasteiger partial charge in [-0.05, 0) is 29.7 Å². The first-order chi connectivity index (χ1) is 13.4. The van der Waals surface area contributed by atoms with Gasteiger partial charge in [0.05, 0.1) is 6.61 Å². The number of carbonyl (C=O) groups is 2. The summed E-state index contributed by atoms with van der Waals surface area (Å²) in [6, 6.07) is 4.10. The quantitative estimate of drug-likeness (QED) is 0.400. The molecule has 0 aromatic carbocycles. The highest BCUT2D eigenvalue weighted by atomic mass is 16.5. The van der Waals surface area contributed by atoms with E-state index in [0.29, 0.717) is 5.57 Å². The Bertz CT molecular complexity index is 846. The van der Waals surface area contributed by atoms with E-state index < -0.39 is 17.4 Å². The average Bonchev–Trinajstić information content (AvgIpc) is 3.05. The molecule has 0 aromatic rings. The van der Waals surface area contributed by atoms with Crippen LogP contribution < -0.4 is 0 Å². The number of hydrogen-bond donors (Lipinski definition) is 0. The van der Waals surface area contributed by atoms with Crippen molar-refractivity contribution in [3.05, 3.63) is 36.5 Å². The molecule has 28 heavy (non-hydrogen) atoms. The highest BCUT2D eigenvalue weighted by molar-refractivity contribution is 5.66. The number of esters is 2. The van der Waals surface area contributed by atoms with Crippen molar-refractivity contribution in [2.75, 3.05) is 13.2 Å². The second-order valence-electron chi connectivity index (χ2n) is 6.85. The molecule has 2 rings (SSSR count). The van der Waals surface area contributed by atoms with E-state index in [9.17, 15) is 20.1 Å². The van der Waals surface area contributed by atoms with Gasteiger partial charge >= 0.3 is 11.9 Å². The van der Waals surface area contributed by atoms with Gasteiger partial charge < -0.3 is 9.47 Å². The number of rotatable bonds is 6. The van der Waals surface area contributed by atoms with Crippen molar-refractivity contribution >= 4 is 11.9 Å². The van der Waals surface area contributed by atoms with E-state index in [1.807, 2.05) is 6.08 Å². The molecule has 1 unspecified atom stereocenters. The fourth-order valence-electron chi connectivity index (χ4n) is 3.76. The van der Waals surface area contributed by atoms with Gasteiger partial charge in [0.1, 0.15) is 12.1 Å². The highest BCUT2D eigenvalue weighted by Crippen LogP contribution is 2.49. The lowest BCUT2D eigenvalue weighted by Gasteiger charge is -2.37. The third kappa shape index (κ3) is 4.51. The third-order valence-corrected chi connectivity index (χ3v) is 5.00. The Morgan fingerprint density at radius 1 is 1.29 bits per heavy atom. The van der Waals surface area contributed by atoms with E-state index in [1.54, 1.807) is 6.08 Å². The largest absolute Gasteiger partial charge is 0.465 e. The number of allylic oxidation sites excluding steroid dienone is 4. The zero-order valence-electron chi connectivity index (χ0n) is 16.0. The first kappa shape index (κ1) is 21.0. The van der Waals surface area contributed by atoms with Crippen LogP contribution >= 0.6 is 0 Å². The van der Waals surface area contributed by atoms with Crippen molar-refractivity contribution in [2.45, 2.75) is 20.3 Å². The minimum absolute atomic E-state index is 0.0971. The van der Waals surface area contributed by atoms with Crippen LogP contribution in [0.3, 0.4) is 0 Å². The van der Waals surface area contributed by atoms with Crippen molar-refractivity contribution in [2.24, 2.45) is 29.1 Å². The lowest BCUT2D eigenvalue weighted by atomic mass is 9.64. The molecule has 4 atom stereocenters. The van der Waals surface area contributed by atoms with Gasteiger partial charge in [0.2, 0.25) is 5.41 Å². The lowest BCUT2D eigenvalue weighted by Crippen LogP contribution is -2.36. The van der Waals surface area contributed by atoms with Gasteiger partial charge in [-0.15, -0.1) is 6.58 Å². The molecule has 0 amide bonds. The Balaban J connectivity index is 2.43. The topological polar surface area (TPSA) is 100 Å². The number of nitriles is 2. The van der Waals surface area contributed by atoms with Crippen molar-refractivity contribution in [1.82, 2.24) is 0 Å². The van der Waals surface area contributed by atoms with Gasteiger partial charge in [0.25, 0.3) is 0 Å². The molecule has 0 saturated carbocycles. The average molecular weight is 378 g/mol. The zero-order valence-corrected chi connectivity index (χ0v) is 16.0. The fourth-order valence-corrected chi connectivity index (χ4v) is 3.76. The molecular formula is C22H22N2O4. The predicted octanol–water partition coefficient (Wildman–Crippen LogP) is 2.70. The summed E-state index contributed by atoms with van der Waals surface area (Å²) in [5.74, 6) is 4.17. The predicted molar refractivity (Wildman–Crippen MR) is 101 cm³/mol. The summed E-state index contributed by atoms with van der Waals surface area (Å²) in [5.41, 5.74) is -1.08. The van der Waals surface area contributed by atoms with Gasteiger partial charge in [0, 0.05) is 19.8 Å². The van der Waals surface area contributed by atoms with Crippen LogP contribution in [0.2, 0.25) is 0 Å². The molecule has 0 radical (unpaired) electrons. The highest BCUT2D eigenvalue weighted by Gasteiger charge is 2.46. The van der Waals surface area contributed by atoms with Gasteiger partial charge in [-0.1, -0.05) is 36.1 Å². The van der Waals surface area contributed by atoms with Crippen LogP contribution in [-0.2, 0) is 19.1 Å². The van der Waals surface area contributed by atoms with Crippen molar-refractivity contribution in [3.8, 4) is 24.0 Å². The van der Waals surface area contributed by atoms with Crippen LogP contribution in [0.1, 0.15) is 20.3 Å². The molecule has 2 aliphatic carbocycles. The molecule has 0 heterocycles. The minimum atomic E-state index is -1.68. The molecule has 0 N–H and O–H groups in total. The molecule has 2 bridgehead atoms.